The Labute approximate surface area is 85.3 Å². The van der Waals surface area contributed by atoms with Gasteiger partial charge in [-0.15, -0.1) is 0 Å². The first-order chi connectivity index (χ1) is 6.75. The molecular formula is C12H17NO. The van der Waals surface area contributed by atoms with Crippen molar-refractivity contribution in [3.63, 3.8) is 0 Å². The van der Waals surface area contributed by atoms with Crippen molar-refractivity contribution in [2.75, 3.05) is 13.2 Å². The Bertz CT molecular complexity index is 303. The smallest absolute Gasteiger partial charge is 0.0950 e. The Hall–Kier alpha value is -0.860. The second-order valence-electron chi connectivity index (χ2n) is 4.05. The highest BCUT2D eigenvalue weighted by molar-refractivity contribution is 5.24. The third-order valence-electron chi connectivity index (χ3n) is 2.61. The quantitative estimate of drug-likeness (QED) is 0.733. The molecule has 0 spiro atoms. The molecule has 1 heterocycles. The van der Waals surface area contributed by atoms with Gasteiger partial charge in [-0.1, -0.05) is 29.8 Å². The summed E-state index contributed by atoms with van der Waals surface area (Å²) in [5, 5.41) is 3.42. The van der Waals surface area contributed by atoms with E-state index in [4.69, 9.17) is 4.74 Å². The molecule has 2 rings (SSSR count). The van der Waals surface area contributed by atoms with Crippen molar-refractivity contribution in [3.05, 3.63) is 35.4 Å². The first kappa shape index (κ1) is 9.69. The van der Waals surface area contributed by atoms with Gasteiger partial charge in [0.25, 0.3) is 0 Å². The van der Waals surface area contributed by atoms with Crippen LogP contribution in [0.5, 0.6) is 0 Å². The number of hydrogen-bond acceptors (Lipinski definition) is 2. The number of nitrogens with one attached hydrogen (secondary N) is 1. The minimum absolute atomic E-state index is 0.228. The van der Waals surface area contributed by atoms with E-state index in [1.807, 2.05) is 0 Å². The Morgan fingerprint density at radius 2 is 2.29 bits per heavy atom. The normalized spacial score (nSPS) is 27.6. The van der Waals surface area contributed by atoms with E-state index < -0.39 is 0 Å². The molecule has 1 aliphatic heterocycles. The number of benzene rings is 1. The highest BCUT2D eigenvalue weighted by Crippen LogP contribution is 2.20. The van der Waals surface area contributed by atoms with Crippen LogP contribution in [0.4, 0.5) is 0 Å². The van der Waals surface area contributed by atoms with Gasteiger partial charge in [0.2, 0.25) is 0 Å². The van der Waals surface area contributed by atoms with E-state index in [1.165, 1.54) is 11.1 Å². The van der Waals surface area contributed by atoms with Gasteiger partial charge in [-0.25, -0.2) is 0 Å². The summed E-state index contributed by atoms with van der Waals surface area (Å²) >= 11 is 0. The summed E-state index contributed by atoms with van der Waals surface area (Å²) in [6, 6.07) is 9.02. The van der Waals surface area contributed by atoms with E-state index in [2.05, 4.69) is 43.4 Å². The molecule has 1 saturated heterocycles. The van der Waals surface area contributed by atoms with Crippen molar-refractivity contribution >= 4 is 0 Å². The highest BCUT2D eigenvalue weighted by atomic mass is 16.5. The maximum absolute atomic E-state index is 5.77. The van der Waals surface area contributed by atoms with E-state index in [9.17, 15) is 0 Å². The van der Waals surface area contributed by atoms with Gasteiger partial charge < -0.3 is 10.1 Å². The van der Waals surface area contributed by atoms with Crippen LogP contribution in [0, 0.1) is 6.92 Å². The molecule has 0 unspecified atom stereocenters. The lowest BCUT2D eigenvalue weighted by atomic mass is 10.1. The standard InChI is InChI=1S/C12H17NO/c1-9-4-3-5-11(6-9)12-7-13-10(2)8-14-12/h3-6,10,12-13H,7-8H2,1-2H3/t10-,12+/m1/s1. The summed E-state index contributed by atoms with van der Waals surface area (Å²) in [5.41, 5.74) is 2.58. The molecule has 0 saturated carbocycles. The van der Waals surface area contributed by atoms with Crippen LogP contribution < -0.4 is 5.32 Å². The molecule has 1 aromatic carbocycles. The van der Waals surface area contributed by atoms with Crippen LogP contribution in [-0.2, 0) is 4.74 Å². The maximum Gasteiger partial charge on any atom is 0.0950 e. The fraction of sp³-hybridized carbons (Fsp3) is 0.500. The number of ether oxygens (including phenoxy) is 1. The molecule has 2 heteroatoms. The van der Waals surface area contributed by atoms with E-state index in [0.29, 0.717) is 6.04 Å². The Morgan fingerprint density at radius 1 is 1.43 bits per heavy atom. The van der Waals surface area contributed by atoms with Crippen molar-refractivity contribution in [2.45, 2.75) is 26.0 Å². The van der Waals surface area contributed by atoms with Crippen molar-refractivity contribution in [3.8, 4) is 0 Å². The van der Waals surface area contributed by atoms with Crippen LogP contribution in [0.2, 0.25) is 0 Å². The minimum Gasteiger partial charge on any atom is -0.371 e. The first-order valence-electron chi connectivity index (χ1n) is 5.17. The van der Waals surface area contributed by atoms with Gasteiger partial charge in [0.1, 0.15) is 0 Å². The fourth-order valence-electron chi connectivity index (χ4n) is 1.77. The molecule has 0 aliphatic carbocycles. The summed E-state index contributed by atoms with van der Waals surface area (Å²) in [4.78, 5) is 0. The molecule has 14 heavy (non-hydrogen) atoms. The summed E-state index contributed by atoms with van der Waals surface area (Å²) in [6.07, 6.45) is 0.228. The lowest BCUT2D eigenvalue weighted by Gasteiger charge is -2.28. The Kier molecular flexibility index (Phi) is 2.85. The van der Waals surface area contributed by atoms with E-state index >= 15 is 0 Å². The third kappa shape index (κ3) is 2.14. The number of rotatable bonds is 1. The Morgan fingerprint density at radius 3 is 2.93 bits per heavy atom. The van der Waals surface area contributed by atoms with Gasteiger partial charge in [-0.2, -0.15) is 0 Å². The molecule has 76 valence electrons. The van der Waals surface area contributed by atoms with Crippen molar-refractivity contribution in [2.24, 2.45) is 0 Å². The van der Waals surface area contributed by atoms with Gasteiger partial charge in [0.15, 0.2) is 0 Å². The van der Waals surface area contributed by atoms with Gasteiger partial charge in [-0.3, -0.25) is 0 Å². The molecule has 0 aromatic heterocycles. The van der Waals surface area contributed by atoms with Gasteiger partial charge >= 0.3 is 0 Å². The minimum atomic E-state index is 0.228. The second-order valence-corrected chi connectivity index (χ2v) is 4.05. The lowest BCUT2D eigenvalue weighted by molar-refractivity contribution is 0.00693. The molecule has 1 fully saturated rings. The van der Waals surface area contributed by atoms with Crippen molar-refractivity contribution in [1.29, 1.82) is 0 Å². The molecule has 0 radical (unpaired) electrons. The van der Waals surface area contributed by atoms with Crippen LogP contribution in [0.3, 0.4) is 0 Å². The van der Waals surface area contributed by atoms with Gasteiger partial charge in [0, 0.05) is 12.6 Å². The summed E-state index contributed by atoms with van der Waals surface area (Å²) in [5.74, 6) is 0. The zero-order chi connectivity index (χ0) is 9.97. The SMILES string of the molecule is Cc1cccc([C@@H]2CN[C@H](C)CO2)c1. The Balaban J connectivity index is 2.08. The van der Waals surface area contributed by atoms with Crippen molar-refractivity contribution in [1.82, 2.24) is 5.32 Å². The largest absolute Gasteiger partial charge is 0.371 e. The predicted octanol–water partition coefficient (Wildman–Crippen LogP) is 2.04. The molecule has 1 aromatic rings. The van der Waals surface area contributed by atoms with E-state index in [0.717, 1.165) is 13.2 Å². The first-order valence-corrected chi connectivity index (χ1v) is 5.17. The number of aryl methyl sites for hydroxylation is 1. The van der Waals surface area contributed by atoms with Gasteiger partial charge in [-0.05, 0) is 19.4 Å². The monoisotopic (exact) mass is 191 g/mol. The van der Waals surface area contributed by atoms with Crippen LogP contribution in [-0.4, -0.2) is 19.2 Å². The summed E-state index contributed by atoms with van der Waals surface area (Å²) in [6.45, 7) is 5.98. The van der Waals surface area contributed by atoms with Gasteiger partial charge in [0.05, 0.1) is 12.7 Å². The number of morpholine rings is 1. The van der Waals surface area contributed by atoms with Crippen LogP contribution in [0.1, 0.15) is 24.2 Å². The second kappa shape index (κ2) is 4.11. The lowest BCUT2D eigenvalue weighted by Crippen LogP contribution is -2.40. The molecule has 2 nitrogen and oxygen atoms in total. The molecule has 1 aliphatic rings. The topological polar surface area (TPSA) is 21.3 Å². The van der Waals surface area contributed by atoms with E-state index in [-0.39, 0.29) is 6.10 Å². The molecule has 1 N–H and O–H groups in total. The van der Waals surface area contributed by atoms with Crippen LogP contribution >= 0.6 is 0 Å². The summed E-state index contributed by atoms with van der Waals surface area (Å²) in [7, 11) is 0. The molecule has 0 amide bonds. The molecule has 0 bridgehead atoms. The zero-order valence-electron chi connectivity index (χ0n) is 8.79. The zero-order valence-corrected chi connectivity index (χ0v) is 8.79. The number of hydrogen-bond donors (Lipinski definition) is 1. The van der Waals surface area contributed by atoms with Crippen molar-refractivity contribution < 1.29 is 4.74 Å². The highest BCUT2D eigenvalue weighted by Gasteiger charge is 2.19. The average molecular weight is 191 g/mol. The van der Waals surface area contributed by atoms with E-state index in [1.54, 1.807) is 0 Å². The average Bonchev–Trinajstić information content (AvgIpc) is 2.19. The fourth-order valence-corrected chi connectivity index (χ4v) is 1.77. The van der Waals surface area contributed by atoms with Crippen LogP contribution in [0.25, 0.3) is 0 Å². The summed E-state index contributed by atoms with van der Waals surface area (Å²) < 4.78 is 5.77. The third-order valence-corrected chi connectivity index (χ3v) is 2.61. The molecular weight excluding hydrogens is 174 g/mol. The predicted molar refractivity (Wildman–Crippen MR) is 57.3 cm³/mol. The van der Waals surface area contributed by atoms with Crippen LogP contribution in [0.15, 0.2) is 24.3 Å². The molecule has 2 atom stereocenters. The maximum atomic E-state index is 5.77.